The van der Waals surface area contributed by atoms with Gasteiger partial charge in [0.2, 0.25) is 11.8 Å². The maximum Gasteiger partial charge on any atom is 0.328 e. The highest BCUT2D eigenvalue weighted by Crippen LogP contribution is 2.46. The third kappa shape index (κ3) is 8.64. The lowest BCUT2D eigenvalue weighted by Gasteiger charge is -2.47. The molecule has 1 unspecified atom stereocenters. The van der Waals surface area contributed by atoms with E-state index in [-0.39, 0.29) is 11.7 Å². The molecule has 1 aliphatic rings. The molecule has 260 valence electrons. The number of rotatable bonds is 15. The fraction of sp³-hybridized carbons (Fsp3) is 0.222. The van der Waals surface area contributed by atoms with E-state index in [0.717, 1.165) is 0 Å². The number of β-lactam (4-membered cyclic amide) rings is 1. The maximum atomic E-state index is 13.7. The van der Waals surface area contributed by atoms with Crippen LogP contribution in [-0.4, -0.2) is 69.3 Å². The highest BCUT2D eigenvalue weighted by molar-refractivity contribution is 8.00. The van der Waals surface area contributed by atoms with E-state index >= 15 is 0 Å². The molecule has 5 atom stereocenters. The number of nitrogens with one attached hydrogen (secondary N) is 2. The number of benzene rings is 4. The van der Waals surface area contributed by atoms with E-state index in [0.29, 0.717) is 28.1 Å². The molecule has 0 bridgehead atoms. The smallest absolute Gasteiger partial charge is 0.328 e. The van der Waals surface area contributed by atoms with Crippen molar-refractivity contribution in [2.24, 2.45) is 0 Å². The molecule has 1 saturated heterocycles. The van der Waals surface area contributed by atoms with Gasteiger partial charge in [0, 0.05) is 11.4 Å². The van der Waals surface area contributed by atoms with E-state index in [1.54, 1.807) is 54.6 Å². The van der Waals surface area contributed by atoms with Gasteiger partial charge in [-0.2, -0.15) is 0 Å². The first-order valence-electron chi connectivity index (χ1n) is 15.4. The van der Waals surface area contributed by atoms with Gasteiger partial charge in [-0.05, 0) is 65.2 Å². The van der Waals surface area contributed by atoms with Gasteiger partial charge in [0.15, 0.2) is 6.61 Å². The van der Waals surface area contributed by atoms with Crippen LogP contribution in [0.3, 0.4) is 0 Å². The number of aliphatic hydroxyl groups is 2. The predicted octanol–water partition coefficient (Wildman–Crippen LogP) is 3.69. The second-order valence-corrected chi connectivity index (χ2v) is 12.5. The van der Waals surface area contributed by atoms with Gasteiger partial charge >= 0.3 is 5.97 Å². The van der Waals surface area contributed by atoms with Crippen molar-refractivity contribution >= 4 is 41.1 Å². The minimum atomic E-state index is -1.57. The van der Waals surface area contributed by atoms with E-state index in [2.05, 4.69) is 10.6 Å². The van der Waals surface area contributed by atoms with Gasteiger partial charge < -0.3 is 35.6 Å². The van der Waals surface area contributed by atoms with Crippen LogP contribution < -0.4 is 20.3 Å². The number of aliphatic carboxylic acids is 1. The fourth-order valence-electron chi connectivity index (χ4n) is 5.31. The highest BCUT2D eigenvalue weighted by Gasteiger charge is 2.49. The number of hydrogen-bond acceptors (Lipinski definition) is 8. The summed E-state index contributed by atoms with van der Waals surface area (Å²) in [5.41, 5.74) is 2.08. The molecular formula is C36H33F2N3O8S. The zero-order valence-corrected chi connectivity index (χ0v) is 27.1. The molecule has 4 aromatic rings. The van der Waals surface area contributed by atoms with Crippen molar-refractivity contribution in [1.82, 2.24) is 10.6 Å². The third-order valence-electron chi connectivity index (χ3n) is 7.93. The topological polar surface area (TPSA) is 165 Å². The van der Waals surface area contributed by atoms with Crippen LogP contribution in [0, 0.1) is 11.6 Å². The normalized spacial score (nSPS) is 17.2. The molecular weight excluding hydrogens is 672 g/mol. The zero-order chi connectivity index (χ0) is 35.8. The summed E-state index contributed by atoms with van der Waals surface area (Å²) in [6, 6.07) is 22.4. The van der Waals surface area contributed by atoms with Crippen molar-refractivity contribution in [2.75, 3.05) is 23.9 Å². The molecule has 1 fully saturated rings. The molecule has 11 nitrogen and oxygen atoms in total. The van der Waals surface area contributed by atoms with E-state index < -0.39 is 72.1 Å². The quantitative estimate of drug-likeness (QED) is 0.116. The Hall–Kier alpha value is -5.31. The Labute approximate surface area is 289 Å². The number of nitrogens with zero attached hydrogens (tertiary/aromatic N) is 1. The molecule has 0 aromatic heterocycles. The van der Waals surface area contributed by atoms with Crippen LogP contribution in [0.25, 0.3) is 0 Å². The van der Waals surface area contributed by atoms with Gasteiger partial charge in [0.25, 0.3) is 5.91 Å². The number of carboxylic acid groups (broad SMARTS) is 1. The lowest BCUT2D eigenvalue weighted by Crippen LogP contribution is -2.57. The first kappa shape index (κ1) is 36.0. The first-order valence-corrected chi connectivity index (χ1v) is 16.5. The molecule has 14 heteroatoms. The van der Waals surface area contributed by atoms with Gasteiger partial charge in [-0.25, -0.2) is 13.6 Å². The molecule has 0 aliphatic carbocycles. The van der Waals surface area contributed by atoms with Gasteiger partial charge in [-0.3, -0.25) is 14.4 Å². The standard InChI is InChI=1S/C36H33F2N3O8S/c37-24-10-6-21(7-11-24)29(43)20-50-33-32(41(35(33)46)26-14-12-25(38)13-15-26)23-8-16-27(17-9-23)49-19-30(44)40-31(22-4-2-1-3-5-22)34(45)39-28(18-42)36(47)48/h1-17,28-29,31-33,42-43H,18-20H2,(H,39,45)(H,40,44)(H,47,48)/t28-,29?,31+,32-,33+/m1/s1. The molecule has 1 aliphatic heterocycles. The first-order chi connectivity index (χ1) is 24.0. The molecule has 5 N–H and O–H groups in total. The van der Waals surface area contributed by atoms with Crippen molar-refractivity contribution in [1.29, 1.82) is 0 Å². The fourth-order valence-corrected chi connectivity index (χ4v) is 6.61. The van der Waals surface area contributed by atoms with E-state index in [1.807, 2.05) is 0 Å². The summed E-state index contributed by atoms with van der Waals surface area (Å²) in [5.74, 6) is -3.63. The van der Waals surface area contributed by atoms with Crippen LogP contribution in [0.5, 0.6) is 5.75 Å². The average molecular weight is 706 g/mol. The number of amides is 3. The molecule has 1 heterocycles. The lowest BCUT2D eigenvalue weighted by molar-refractivity contribution is -0.143. The summed E-state index contributed by atoms with van der Waals surface area (Å²) in [6.45, 7) is -1.34. The Morgan fingerprint density at radius 1 is 0.840 bits per heavy atom. The zero-order valence-electron chi connectivity index (χ0n) is 26.3. The number of anilines is 1. The van der Waals surface area contributed by atoms with Crippen LogP contribution in [-0.2, 0) is 19.2 Å². The van der Waals surface area contributed by atoms with E-state index in [1.165, 1.54) is 65.2 Å². The summed E-state index contributed by atoms with van der Waals surface area (Å²) in [5, 5.41) is 33.3. The minimum Gasteiger partial charge on any atom is -0.484 e. The summed E-state index contributed by atoms with van der Waals surface area (Å²) in [4.78, 5) is 52.0. The van der Waals surface area contributed by atoms with Gasteiger partial charge in [-0.15, -0.1) is 11.8 Å². The monoisotopic (exact) mass is 705 g/mol. The van der Waals surface area contributed by atoms with Crippen LogP contribution in [0.15, 0.2) is 103 Å². The number of carboxylic acids is 1. The van der Waals surface area contributed by atoms with Crippen molar-refractivity contribution in [3.63, 3.8) is 0 Å². The molecule has 50 heavy (non-hydrogen) atoms. The van der Waals surface area contributed by atoms with Crippen molar-refractivity contribution < 1.29 is 48.0 Å². The summed E-state index contributed by atoms with van der Waals surface area (Å²) >= 11 is 1.24. The van der Waals surface area contributed by atoms with Crippen LogP contribution in [0.2, 0.25) is 0 Å². The lowest BCUT2D eigenvalue weighted by atomic mass is 9.92. The number of aliphatic hydroxyl groups excluding tert-OH is 2. The van der Waals surface area contributed by atoms with Crippen LogP contribution in [0.4, 0.5) is 14.5 Å². The van der Waals surface area contributed by atoms with Gasteiger partial charge in [0.05, 0.1) is 18.8 Å². The van der Waals surface area contributed by atoms with Crippen molar-refractivity contribution in [2.45, 2.75) is 29.5 Å². The Balaban J connectivity index is 1.26. The molecule has 4 aromatic carbocycles. The predicted molar refractivity (Wildman–Crippen MR) is 180 cm³/mol. The van der Waals surface area contributed by atoms with Gasteiger partial charge in [-0.1, -0.05) is 54.6 Å². The number of thioether (sulfide) groups is 1. The van der Waals surface area contributed by atoms with Crippen LogP contribution >= 0.6 is 11.8 Å². The van der Waals surface area contributed by atoms with Crippen molar-refractivity contribution in [3.8, 4) is 5.75 Å². The Morgan fingerprint density at radius 3 is 2.06 bits per heavy atom. The molecule has 0 spiro atoms. The van der Waals surface area contributed by atoms with E-state index in [4.69, 9.17) is 4.74 Å². The average Bonchev–Trinajstić information content (AvgIpc) is 3.12. The van der Waals surface area contributed by atoms with Crippen LogP contribution in [0.1, 0.15) is 34.9 Å². The Kier molecular flexibility index (Phi) is 11.8. The third-order valence-corrected chi connectivity index (χ3v) is 9.25. The number of hydrogen-bond donors (Lipinski definition) is 5. The number of carbonyl (C=O) groups excluding carboxylic acids is 3. The minimum absolute atomic E-state index is 0.158. The Bertz CT molecular complexity index is 1800. The Morgan fingerprint density at radius 2 is 1.46 bits per heavy atom. The molecule has 0 radical (unpaired) electrons. The summed E-state index contributed by atoms with van der Waals surface area (Å²) < 4.78 is 32.7. The number of ether oxygens (including phenoxy) is 1. The maximum absolute atomic E-state index is 13.7. The van der Waals surface area contributed by atoms with Gasteiger partial charge in [0.1, 0.15) is 34.7 Å². The van der Waals surface area contributed by atoms with Crippen molar-refractivity contribution in [3.05, 3.63) is 131 Å². The SMILES string of the molecule is O=C(COc1ccc([C@@H]2[C@H](SCC(O)c3ccc(F)cc3)C(=O)N2c2ccc(F)cc2)cc1)N[C@H](C(=O)N[C@H](CO)C(=O)O)c1ccccc1. The number of carbonyl (C=O) groups is 4. The number of halogens is 2. The van der Waals surface area contributed by atoms with E-state index in [9.17, 15) is 43.3 Å². The summed E-state index contributed by atoms with van der Waals surface area (Å²) in [7, 11) is 0. The second-order valence-electron chi connectivity index (χ2n) is 11.3. The summed E-state index contributed by atoms with van der Waals surface area (Å²) in [6.07, 6.45) is -0.948. The highest BCUT2D eigenvalue weighted by atomic mass is 32.2. The second kappa shape index (κ2) is 16.4. The largest absolute Gasteiger partial charge is 0.484 e. The molecule has 0 saturated carbocycles. The molecule has 3 amide bonds. The molecule has 5 rings (SSSR count).